The second-order valence-electron chi connectivity index (χ2n) is 4.65. The first kappa shape index (κ1) is 11.2. The minimum atomic E-state index is 0.445. The molecule has 1 N–H and O–H groups in total. The van der Waals surface area contributed by atoms with Gasteiger partial charge in [0.15, 0.2) is 0 Å². The lowest BCUT2D eigenvalue weighted by Gasteiger charge is -2.25. The van der Waals surface area contributed by atoms with Crippen molar-refractivity contribution in [1.82, 2.24) is 5.32 Å². The summed E-state index contributed by atoms with van der Waals surface area (Å²) in [4.78, 5) is 0. The van der Waals surface area contributed by atoms with E-state index in [9.17, 15) is 0 Å². The molecular weight excluding hydrogens is 186 g/mol. The SMILES string of the molecule is CCCNC(C1=CCCC1)C1CCCO1. The Morgan fingerprint density at radius 3 is 3.07 bits per heavy atom. The number of nitrogens with one attached hydrogen (secondary N) is 1. The number of ether oxygens (including phenoxy) is 1. The predicted molar refractivity (Wildman–Crippen MR) is 63.0 cm³/mol. The highest BCUT2D eigenvalue weighted by molar-refractivity contribution is 5.17. The Bertz CT molecular complexity index is 219. The van der Waals surface area contributed by atoms with Crippen LogP contribution >= 0.6 is 0 Å². The van der Waals surface area contributed by atoms with Gasteiger partial charge in [0.2, 0.25) is 0 Å². The zero-order valence-electron chi connectivity index (χ0n) is 9.80. The summed E-state index contributed by atoms with van der Waals surface area (Å²) in [5, 5.41) is 3.66. The highest BCUT2D eigenvalue weighted by Gasteiger charge is 2.28. The average Bonchev–Trinajstić information content (AvgIpc) is 2.90. The van der Waals surface area contributed by atoms with Crippen LogP contribution < -0.4 is 5.32 Å². The lowest BCUT2D eigenvalue weighted by Crippen LogP contribution is -2.41. The Hall–Kier alpha value is -0.340. The molecule has 15 heavy (non-hydrogen) atoms. The molecule has 1 aliphatic heterocycles. The maximum Gasteiger partial charge on any atom is 0.0767 e. The largest absolute Gasteiger partial charge is 0.376 e. The monoisotopic (exact) mass is 209 g/mol. The smallest absolute Gasteiger partial charge is 0.0767 e. The molecule has 1 saturated heterocycles. The zero-order valence-corrected chi connectivity index (χ0v) is 9.80. The Morgan fingerprint density at radius 1 is 1.53 bits per heavy atom. The third kappa shape index (κ3) is 2.82. The van der Waals surface area contributed by atoms with E-state index in [1.807, 2.05) is 0 Å². The molecule has 1 heterocycles. The molecule has 0 bridgehead atoms. The van der Waals surface area contributed by atoms with Gasteiger partial charge in [-0.2, -0.15) is 0 Å². The van der Waals surface area contributed by atoms with Gasteiger partial charge in [-0.15, -0.1) is 0 Å². The van der Waals surface area contributed by atoms with Crippen molar-refractivity contribution in [3.05, 3.63) is 11.6 Å². The Kier molecular flexibility index (Phi) is 4.21. The first-order valence-electron chi connectivity index (χ1n) is 6.45. The van der Waals surface area contributed by atoms with Crippen molar-refractivity contribution >= 4 is 0 Å². The molecule has 1 aliphatic carbocycles. The highest BCUT2D eigenvalue weighted by atomic mass is 16.5. The van der Waals surface area contributed by atoms with Crippen LogP contribution in [0.1, 0.15) is 45.4 Å². The van der Waals surface area contributed by atoms with E-state index in [1.165, 1.54) is 38.5 Å². The van der Waals surface area contributed by atoms with Crippen molar-refractivity contribution in [2.24, 2.45) is 0 Å². The van der Waals surface area contributed by atoms with Crippen LogP contribution in [0.3, 0.4) is 0 Å². The molecule has 0 aromatic rings. The summed E-state index contributed by atoms with van der Waals surface area (Å²) in [6.07, 6.45) is 10.4. The zero-order chi connectivity index (χ0) is 10.5. The quantitative estimate of drug-likeness (QED) is 0.703. The van der Waals surface area contributed by atoms with E-state index in [1.54, 1.807) is 5.57 Å². The van der Waals surface area contributed by atoms with Crippen LogP contribution in [-0.2, 0) is 4.74 Å². The maximum atomic E-state index is 5.82. The number of hydrogen-bond donors (Lipinski definition) is 1. The molecule has 2 aliphatic rings. The third-order valence-corrected chi connectivity index (χ3v) is 3.43. The number of allylic oxidation sites excluding steroid dienone is 1. The molecule has 0 saturated carbocycles. The standard InChI is InChI=1S/C13H23NO/c1-2-9-14-13(11-6-3-4-7-11)12-8-5-10-15-12/h6,12-14H,2-5,7-10H2,1H3. The van der Waals surface area contributed by atoms with Crippen molar-refractivity contribution in [3.63, 3.8) is 0 Å². The topological polar surface area (TPSA) is 21.3 Å². The van der Waals surface area contributed by atoms with E-state index in [-0.39, 0.29) is 0 Å². The van der Waals surface area contributed by atoms with Gasteiger partial charge in [0.25, 0.3) is 0 Å². The van der Waals surface area contributed by atoms with Crippen LogP contribution in [0.15, 0.2) is 11.6 Å². The first-order valence-corrected chi connectivity index (χ1v) is 6.45. The fraction of sp³-hybridized carbons (Fsp3) is 0.846. The summed E-state index contributed by atoms with van der Waals surface area (Å²) < 4.78 is 5.82. The fourth-order valence-electron chi connectivity index (χ4n) is 2.64. The van der Waals surface area contributed by atoms with Crippen LogP contribution in [0.2, 0.25) is 0 Å². The average molecular weight is 209 g/mol. The van der Waals surface area contributed by atoms with Crippen LogP contribution in [-0.4, -0.2) is 25.3 Å². The molecule has 1 fully saturated rings. The van der Waals surface area contributed by atoms with Crippen molar-refractivity contribution in [3.8, 4) is 0 Å². The van der Waals surface area contributed by atoms with E-state index in [0.717, 1.165) is 13.2 Å². The Balaban J connectivity index is 1.94. The Labute approximate surface area is 93.1 Å². The fourth-order valence-corrected chi connectivity index (χ4v) is 2.64. The van der Waals surface area contributed by atoms with E-state index in [2.05, 4.69) is 18.3 Å². The third-order valence-electron chi connectivity index (χ3n) is 3.43. The van der Waals surface area contributed by atoms with E-state index in [4.69, 9.17) is 4.74 Å². The van der Waals surface area contributed by atoms with Crippen molar-refractivity contribution < 1.29 is 4.74 Å². The van der Waals surface area contributed by atoms with E-state index in [0.29, 0.717) is 12.1 Å². The van der Waals surface area contributed by atoms with Gasteiger partial charge in [0, 0.05) is 6.61 Å². The summed E-state index contributed by atoms with van der Waals surface area (Å²) >= 11 is 0. The van der Waals surface area contributed by atoms with Gasteiger partial charge >= 0.3 is 0 Å². The van der Waals surface area contributed by atoms with E-state index < -0.39 is 0 Å². The molecule has 0 aromatic carbocycles. The van der Waals surface area contributed by atoms with Gasteiger partial charge in [0.05, 0.1) is 12.1 Å². The molecule has 2 heteroatoms. The predicted octanol–water partition coefficient (Wildman–Crippen LogP) is 2.64. The second kappa shape index (κ2) is 5.66. The van der Waals surface area contributed by atoms with Crippen molar-refractivity contribution in [2.75, 3.05) is 13.2 Å². The van der Waals surface area contributed by atoms with Gasteiger partial charge in [-0.3, -0.25) is 0 Å². The Morgan fingerprint density at radius 2 is 2.47 bits per heavy atom. The molecule has 2 atom stereocenters. The molecule has 0 amide bonds. The maximum absolute atomic E-state index is 5.82. The van der Waals surface area contributed by atoms with Crippen molar-refractivity contribution in [1.29, 1.82) is 0 Å². The second-order valence-corrected chi connectivity index (χ2v) is 4.65. The summed E-state index contributed by atoms with van der Waals surface area (Å²) in [6.45, 7) is 4.30. The summed E-state index contributed by atoms with van der Waals surface area (Å²) in [7, 11) is 0. The molecule has 0 radical (unpaired) electrons. The molecular formula is C13H23NO. The van der Waals surface area contributed by atoms with Gasteiger partial charge in [-0.05, 0) is 45.1 Å². The molecule has 86 valence electrons. The molecule has 2 rings (SSSR count). The summed E-state index contributed by atoms with van der Waals surface area (Å²) in [6, 6.07) is 0.509. The van der Waals surface area contributed by atoms with Crippen LogP contribution in [0.4, 0.5) is 0 Å². The lowest BCUT2D eigenvalue weighted by molar-refractivity contribution is 0.0878. The molecule has 0 spiro atoms. The molecule has 2 unspecified atom stereocenters. The van der Waals surface area contributed by atoms with Crippen LogP contribution in [0.25, 0.3) is 0 Å². The van der Waals surface area contributed by atoms with Gasteiger partial charge in [0.1, 0.15) is 0 Å². The van der Waals surface area contributed by atoms with Crippen LogP contribution in [0, 0.1) is 0 Å². The molecule has 2 nitrogen and oxygen atoms in total. The van der Waals surface area contributed by atoms with Crippen molar-refractivity contribution in [2.45, 2.75) is 57.6 Å². The number of hydrogen-bond acceptors (Lipinski definition) is 2. The van der Waals surface area contributed by atoms with Gasteiger partial charge in [-0.1, -0.05) is 18.6 Å². The minimum Gasteiger partial charge on any atom is -0.376 e. The molecule has 0 aromatic heterocycles. The van der Waals surface area contributed by atoms with E-state index >= 15 is 0 Å². The summed E-state index contributed by atoms with van der Waals surface area (Å²) in [5.74, 6) is 0. The summed E-state index contributed by atoms with van der Waals surface area (Å²) in [5.41, 5.74) is 1.61. The lowest BCUT2D eigenvalue weighted by atomic mass is 9.98. The number of rotatable bonds is 5. The van der Waals surface area contributed by atoms with Gasteiger partial charge in [-0.25, -0.2) is 0 Å². The minimum absolute atomic E-state index is 0.445. The van der Waals surface area contributed by atoms with Gasteiger partial charge < -0.3 is 10.1 Å². The normalized spacial score (nSPS) is 28.1. The highest BCUT2D eigenvalue weighted by Crippen LogP contribution is 2.27. The first-order chi connectivity index (χ1) is 7.42. The van der Waals surface area contributed by atoms with Crippen LogP contribution in [0.5, 0.6) is 0 Å².